The Morgan fingerprint density at radius 1 is 1.42 bits per heavy atom. The lowest BCUT2D eigenvalue weighted by Crippen LogP contribution is -2.34. The molecule has 2 rings (SSSR count). The summed E-state index contributed by atoms with van der Waals surface area (Å²) in [4.78, 5) is 5.59. The second-order valence-electron chi connectivity index (χ2n) is 4.67. The van der Waals surface area contributed by atoms with Gasteiger partial charge in [-0.3, -0.25) is 0 Å². The number of hydrogen-bond donors (Lipinski definition) is 2. The van der Waals surface area contributed by atoms with Gasteiger partial charge in [0, 0.05) is 18.5 Å². The van der Waals surface area contributed by atoms with E-state index in [0.717, 1.165) is 31.4 Å². The van der Waals surface area contributed by atoms with Gasteiger partial charge in [0.1, 0.15) is 0 Å². The summed E-state index contributed by atoms with van der Waals surface area (Å²) in [5.41, 5.74) is 6.44. The lowest BCUT2D eigenvalue weighted by Gasteiger charge is -2.16. The number of nitrogens with zero attached hydrogens (tertiary/aromatic N) is 2. The highest BCUT2D eigenvalue weighted by Gasteiger charge is 2.21. The summed E-state index contributed by atoms with van der Waals surface area (Å²) >= 11 is 1.45. The van der Waals surface area contributed by atoms with Crippen molar-refractivity contribution in [3.63, 3.8) is 0 Å². The minimum absolute atomic E-state index is 0.414. The quantitative estimate of drug-likeness (QED) is 0.819. The van der Waals surface area contributed by atoms with Crippen LogP contribution in [-0.4, -0.2) is 37.8 Å². The summed E-state index contributed by atoms with van der Waals surface area (Å²) in [6.45, 7) is 0.891. The average molecular weight is 304 g/mol. The van der Waals surface area contributed by atoms with Crippen molar-refractivity contribution in [2.24, 2.45) is 5.73 Å². The van der Waals surface area contributed by atoms with Gasteiger partial charge in [-0.15, -0.1) is 11.3 Å². The minimum Gasteiger partial charge on any atom is -0.330 e. The molecule has 1 aromatic rings. The molecule has 6 nitrogen and oxygen atoms in total. The molecule has 0 fully saturated rings. The van der Waals surface area contributed by atoms with E-state index in [1.807, 2.05) is 0 Å². The van der Waals surface area contributed by atoms with Gasteiger partial charge in [-0.05, 0) is 38.6 Å². The molecule has 0 unspecified atom stereocenters. The maximum atomic E-state index is 12.1. The van der Waals surface area contributed by atoms with E-state index in [9.17, 15) is 8.42 Å². The van der Waals surface area contributed by atoms with E-state index < -0.39 is 10.2 Å². The Bertz CT molecular complexity index is 503. The van der Waals surface area contributed by atoms with Gasteiger partial charge in [0.2, 0.25) is 0 Å². The molecule has 19 heavy (non-hydrogen) atoms. The standard InChI is InChI=1S/C11H20N4O2S2/c1-15(8-4-7-12)19(16,17)14-11-13-9-5-2-3-6-10(9)18-11/h2-8,12H2,1H3,(H,13,14). The SMILES string of the molecule is CN(CCCN)S(=O)(=O)Nc1nc2c(s1)CCCC2. The van der Waals surface area contributed by atoms with Crippen molar-refractivity contribution in [1.82, 2.24) is 9.29 Å². The lowest BCUT2D eigenvalue weighted by molar-refractivity contribution is 0.468. The second kappa shape index (κ2) is 6.17. The number of anilines is 1. The summed E-state index contributed by atoms with van der Waals surface area (Å²) in [6, 6.07) is 0. The van der Waals surface area contributed by atoms with Crippen LogP contribution in [0.2, 0.25) is 0 Å². The molecule has 0 amide bonds. The molecule has 1 aliphatic rings. The molecule has 0 saturated carbocycles. The summed E-state index contributed by atoms with van der Waals surface area (Å²) in [6.07, 6.45) is 4.91. The third-order valence-electron chi connectivity index (χ3n) is 3.15. The maximum absolute atomic E-state index is 12.1. The Kier molecular flexibility index (Phi) is 4.77. The molecule has 0 bridgehead atoms. The van der Waals surface area contributed by atoms with Gasteiger partial charge in [-0.1, -0.05) is 0 Å². The molecule has 0 aromatic carbocycles. The van der Waals surface area contributed by atoms with E-state index in [0.29, 0.717) is 24.6 Å². The molecule has 0 atom stereocenters. The summed E-state index contributed by atoms with van der Waals surface area (Å²) < 4.78 is 27.9. The largest absolute Gasteiger partial charge is 0.330 e. The van der Waals surface area contributed by atoms with Gasteiger partial charge in [0.05, 0.1) is 5.69 Å². The Morgan fingerprint density at radius 3 is 2.84 bits per heavy atom. The molecule has 0 spiro atoms. The van der Waals surface area contributed by atoms with Crippen molar-refractivity contribution in [2.75, 3.05) is 24.9 Å². The molecular formula is C11H20N4O2S2. The Balaban J connectivity index is 2.05. The van der Waals surface area contributed by atoms with Gasteiger partial charge in [-0.25, -0.2) is 9.71 Å². The molecule has 1 heterocycles. The van der Waals surface area contributed by atoms with E-state index in [1.54, 1.807) is 7.05 Å². The summed E-state index contributed by atoms with van der Waals surface area (Å²) in [5, 5.41) is 0.478. The number of nitrogens with two attached hydrogens (primary N) is 1. The van der Waals surface area contributed by atoms with Gasteiger partial charge in [0.15, 0.2) is 5.13 Å². The maximum Gasteiger partial charge on any atom is 0.303 e. The predicted octanol–water partition coefficient (Wildman–Crippen LogP) is 0.959. The number of thiazole rings is 1. The van der Waals surface area contributed by atoms with Crippen LogP contribution in [0.15, 0.2) is 0 Å². The van der Waals surface area contributed by atoms with Gasteiger partial charge < -0.3 is 5.73 Å². The smallest absolute Gasteiger partial charge is 0.303 e. The van der Waals surface area contributed by atoms with Gasteiger partial charge >= 0.3 is 10.2 Å². The monoisotopic (exact) mass is 304 g/mol. The van der Waals surface area contributed by atoms with Crippen LogP contribution in [0.4, 0.5) is 5.13 Å². The normalized spacial score (nSPS) is 15.5. The van der Waals surface area contributed by atoms with E-state index in [4.69, 9.17) is 5.73 Å². The number of aryl methyl sites for hydroxylation is 2. The Hall–Kier alpha value is -0.700. The van der Waals surface area contributed by atoms with Crippen LogP contribution in [0, 0.1) is 0 Å². The molecule has 0 saturated heterocycles. The van der Waals surface area contributed by atoms with Crippen molar-refractivity contribution >= 4 is 26.7 Å². The first kappa shape index (κ1) is 14.7. The average Bonchev–Trinajstić information content (AvgIpc) is 2.76. The van der Waals surface area contributed by atoms with E-state index >= 15 is 0 Å². The zero-order chi connectivity index (χ0) is 13.9. The lowest BCUT2D eigenvalue weighted by atomic mass is 10.0. The van der Waals surface area contributed by atoms with Crippen LogP contribution in [0.5, 0.6) is 0 Å². The fourth-order valence-electron chi connectivity index (χ4n) is 2.02. The number of rotatable bonds is 6. The van der Waals surface area contributed by atoms with Crippen LogP contribution in [0.1, 0.15) is 29.8 Å². The van der Waals surface area contributed by atoms with Crippen molar-refractivity contribution in [1.29, 1.82) is 0 Å². The molecule has 108 valence electrons. The molecule has 0 aliphatic heterocycles. The molecule has 1 aromatic heterocycles. The summed E-state index contributed by atoms with van der Waals surface area (Å²) in [5.74, 6) is 0. The van der Waals surface area contributed by atoms with Gasteiger partial charge in [-0.2, -0.15) is 12.7 Å². The van der Waals surface area contributed by atoms with E-state index in [1.165, 1.54) is 20.5 Å². The molecular weight excluding hydrogens is 284 g/mol. The van der Waals surface area contributed by atoms with Crippen LogP contribution < -0.4 is 10.5 Å². The van der Waals surface area contributed by atoms with Crippen molar-refractivity contribution in [3.8, 4) is 0 Å². The highest BCUT2D eigenvalue weighted by molar-refractivity contribution is 7.90. The number of nitrogens with one attached hydrogen (secondary N) is 1. The van der Waals surface area contributed by atoms with E-state index in [-0.39, 0.29) is 0 Å². The highest BCUT2D eigenvalue weighted by Crippen LogP contribution is 2.30. The number of fused-ring (bicyclic) bond motifs is 1. The Labute approximate surface area is 118 Å². The van der Waals surface area contributed by atoms with Crippen LogP contribution >= 0.6 is 11.3 Å². The van der Waals surface area contributed by atoms with Crippen LogP contribution in [-0.2, 0) is 23.1 Å². The van der Waals surface area contributed by atoms with Crippen molar-refractivity contribution in [3.05, 3.63) is 10.6 Å². The van der Waals surface area contributed by atoms with Crippen molar-refractivity contribution < 1.29 is 8.42 Å². The number of aromatic nitrogens is 1. The second-order valence-corrected chi connectivity index (χ2v) is 7.53. The predicted molar refractivity (Wildman–Crippen MR) is 77.6 cm³/mol. The third-order valence-corrected chi connectivity index (χ3v) is 5.81. The van der Waals surface area contributed by atoms with Gasteiger partial charge in [0.25, 0.3) is 0 Å². The minimum atomic E-state index is -3.51. The molecule has 3 N–H and O–H groups in total. The first-order valence-electron chi connectivity index (χ1n) is 6.45. The summed E-state index contributed by atoms with van der Waals surface area (Å²) in [7, 11) is -1.96. The third kappa shape index (κ3) is 3.65. The zero-order valence-electron chi connectivity index (χ0n) is 11.1. The zero-order valence-corrected chi connectivity index (χ0v) is 12.7. The van der Waals surface area contributed by atoms with Crippen molar-refractivity contribution in [2.45, 2.75) is 32.1 Å². The first-order chi connectivity index (χ1) is 9.03. The van der Waals surface area contributed by atoms with Crippen LogP contribution in [0.25, 0.3) is 0 Å². The molecule has 1 aliphatic carbocycles. The first-order valence-corrected chi connectivity index (χ1v) is 8.71. The highest BCUT2D eigenvalue weighted by atomic mass is 32.2. The Morgan fingerprint density at radius 2 is 2.16 bits per heavy atom. The fraction of sp³-hybridized carbons (Fsp3) is 0.727. The fourth-order valence-corrected chi connectivity index (χ4v) is 4.19. The topological polar surface area (TPSA) is 88.3 Å². The number of hydrogen-bond acceptors (Lipinski definition) is 5. The molecule has 8 heteroatoms. The van der Waals surface area contributed by atoms with Crippen LogP contribution in [0.3, 0.4) is 0 Å². The molecule has 0 radical (unpaired) electrons. The van der Waals surface area contributed by atoms with E-state index in [2.05, 4.69) is 9.71 Å².